The number of fused-ring (bicyclic) bond motifs is 1. The first-order chi connectivity index (χ1) is 7.99. The Bertz CT molecular complexity index is 576. The summed E-state index contributed by atoms with van der Waals surface area (Å²) in [5.74, 6) is 0.272. The zero-order valence-electron chi connectivity index (χ0n) is 9.64. The molecule has 1 heterocycles. The van der Waals surface area contributed by atoms with Crippen LogP contribution in [0.3, 0.4) is 0 Å². The Hall–Kier alpha value is -1.75. The predicted molar refractivity (Wildman–Crippen MR) is 67.8 cm³/mol. The lowest BCUT2D eigenvalue weighted by Gasteiger charge is -2.12. The number of nitrogen functional groups attached to an aromatic ring is 1. The first-order valence-electron chi connectivity index (χ1n) is 5.10. The molecule has 2 rings (SSSR count). The molecule has 6 heteroatoms. The van der Waals surface area contributed by atoms with Crippen LogP contribution in [-0.2, 0) is 11.3 Å². The molecule has 0 aliphatic heterocycles. The molecule has 0 atom stereocenters. The Morgan fingerprint density at radius 1 is 1.53 bits per heavy atom. The van der Waals surface area contributed by atoms with Crippen molar-refractivity contribution in [3.8, 4) is 0 Å². The van der Waals surface area contributed by atoms with Gasteiger partial charge in [-0.3, -0.25) is 4.79 Å². The van der Waals surface area contributed by atoms with E-state index in [1.807, 2.05) is 0 Å². The number of hydrogen-bond acceptors (Lipinski definition) is 3. The molecule has 0 bridgehead atoms. The van der Waals surface area contributed by atoms with Crippen LogP contribution in [0.5, 0.6) is 0 Å². The second-order valence-electron chi connectivity index (χ2n) is 3.98. The molecule has 0 saturated heterocycles. The number of aromatic nitrogens is 2. The zero-order valence-corrected chi connectivity index (χ0v) is 10.4. The van der Waals surface area contributed by atoms with Crippen molar-refractivity contribution < 1.29 is 4.79 Å². The van der Waals surface area contributed by atoms with Gasteiger partial charge in [-0.15, -0.1) is 0 Å². The van der Waals surface area contributed by atoms with E-state index in [2.05, 4.69) is 4.98 Å². The number of imidazole rings is 1. The molecule has 2 aromatic rings. The van der Waals surface area contributed by atoms with Crippen LogP contribution in [0.1, 0.15) is 0 Å². The first-order valence-corrected chi connectivity index (χ1v) is 5.48. The highest BCUT2D eigenvalue weighted by Gasteiger charge is 2.12. The third-order valence-electron chi connectivity index (χ3n) is 2.53. The molecule has 1 aromatic carbocycles. The topological polar surface area (TPSA) is 64.2 Å². The highest BCUT2D eigenvalue weighted by Crippen LogP contribution is 2.21. The van der Waals surface area contributed by atoms with Crippen LogP contribution in [0.15, 0.2) is 18.2 Å². The maximum Gasteiger partial charge on any atom is 0.242 e. The van der Waals surface area contributed by atoms with Gasteiger partial charge < -0.3 is 15.2 Å². The minimum absolute atomic E-state index is 0.0454. The van der Waals surface area contributed by atoms with Gasteiger partial charge >= 0.3 is 0 Å². The maximum atomic E-state index is 11.7. The standard InChI is InChI=1S/C11H13ClN4O/c1-15(2)10(17)6-16-9-5-7(12)3-4-8(9)14-11(16)13/h3-5H,6H2,1-2H3,(H2,13,14). The van der Waals surface area contributed by atoms with Crippen molar-refractivity contribution in [2.45, 2.75) is 6.54 Å². The molecule has 5 nitrogen and oxygen atoms in total. The Labute approximate surface area is 104 Å². The number of anilines is 1. The van der Waals surface area contributed by atoms with Gasteiger partial charge in [-0.1, -0.05) is 11.6 Å². The van der Waals surface area contributed by atoms with Crippen molar-refractivity contribution in [1.82, 2.24) is 14.5 Å². The number of benzene rings is 1. The van der Waals surface area contributed by atoms with Crippen LogP contribution >= 0.6 is 11.6 Å². The molecule has 1 aromatic heterocycles. The summed E-state index contributed by atoms with van der Waals surface area (Å²) in [7, 11) is 3.40. The quantitative estimate of drug-likeness (QED) is 0.878. The van der Waals surface area contributed by atoms with Gasteiger partial charge in [0.05, 0.1) is 11.0 Å². The molecule has 0 unspecified atom stereocenters. The highest BCUT2D eigenvalue weighted by molar-refractivity contribution is 6.31. The van der Waals surface area contributed by atoms with Crippen LogP contribution < -0.4 is 5.73 Å². The summed E-state index contributed by atoms with van der Waals surface area (Å²) in [4.78, 5) is 17.4. The first kappa shape index (κ1) is 11.7. The van der Waals surface area contributed by atoms with E-state index in [1.54, 1.807) is 36.9 Å². The number of nitrogens with two attached hydrogens (primary N) is 1. The molecule has 90 valence electrons. The van der Waals surface area contributed by atoms with Crippen molar-refractivity contribution in [3.05, 3.63) is 23.2 Å². The average Bonchev–Trinajstić information content (AvgIpc) is 2.55. The van der Waals surface area contributed by atoms with Crippen molar-refractivity contribution in [3.63, 3.8) is 0 Å². The van der Waals surface area contributed by atoms with Gasteiger partial charge in [0.2, 0.25) is 11.9 Å². The van der Waals surface area contributed by atoms with Gasteiger partial charge in [0.1, 0.15) is 6.54 Å². The minimum Gasteiger partial charge on any atom is -0.369 e. The van der Waals surface area contributed by atoms with Crippen molar-refractivity contribution in [2.24, 2.45) is 0 Å². The van der Waals surface area contributed by atoms with E-state index in [9.17, 15) is 4.79 Å². The zero-order chi connectivity index (χ0) is 12.6. The maximum absolute atomic E-state index is 11.7. The fraction of sp³-hybridized carbons (Fsp3) is 0.273. The lowest BCUT2D eigenvalue weighted by molar-refractivity contribution is -0.129. The Morgan fingerprint density at radius 2 is 2.24 bits per heavy atom. The third-order valence-corrected chi connectivity index (χ3v) is 2.77. The molecule has 0 fully saturated rings. The molecule has 0 aliphatic carbocycles. The lowest BCUT2D eigenvalue weighted by Crippen LogP contribution is -2.26. The monoisotopic (exact) mass is 252 g/mol. The molecule has 0 radical (unpaired) electrons. The predicted octanol–water partition coefficient (Wildman–Crippen LogP) is 1.36. The van der Waals surface area contributed by atoms with Crippen LogP contribution in [0.25, 0.3) is 11.0 Å². The van der Waals surface area contributed by atoms with E-state index in [-0.39, 0.29) is 12.5 Å². The van der Waals surface area contributed by atoms with Crippen LogP contribution in [0.2, 0.25) is 5.02 Å². The van der Waals surface area contributed by atoms with Gasteiger partial charge in [-0.2, -0.15) is 0 Å². The van der Waals surface area contributed by atoms with Gasteiger partial charge in [-0.25, -0.2) is 4.98 Å². The largest absolute Gasteiger partial charge is 0.369 e. The van der Waals surface area contributed by atoms with Gasteiger partial charge in [0.25, 0.3) is 0 Å². The summed E-state index contributed by atoms with van der Waals surface area (Å²) >= 11 is 5.92. The second-order valence-corrected chi connectivity index (χ2v) is 4.41. The number of amides is 1. The molecule has 2 N–H and O–H groups in total. The summed E-state index contributed by atoms with van der Waals surface area (Å²) in [5.41, 5.74) is 7.29. The lowest BCUT2D eigenvalue weighted by atomic mass is 10.3. The Kier molecular flexibility index (Phi) is 2.93. The molecule has 1 amide bonds. The average molecular weight is 253 g/mol. The van der Waals surface area contributed by atoms with Gasteiger partial charge in [0, 0.05) is 19.1 Å². The molecule has 0 aliphatic rings. The van der Waals surface area contributed by atoms with Gasteiger partial charge in [0.15, 0.2) is 0 Å². The smallest absolute Gasteiger partial charge is 0.242 e. The molecule has 0 saturated carbocycles. The Balaban J connectivity index is 2.48. The van der Waals surface area contributed by atoms with E-state index < -0.39 is 0 Å². The minimum atomic E-state index is -0.0454. The summed E-state index contributed by atoms with van der Waals surface area (Å²) in [6, 6.07) is 5.28. The number of halogens is 1. The SMILES string of the molecule is CN(C)C(=O)Cn1c(N)nc2ccc(Cl)cc21. The summed E-state index contributed by atoms with van der Waals surface area (Å²) in [6.45, 7) is 0.162. The number of likely N-dealkylation sites (N-methyl/N-ethyl adjacent to an activating group) is 1. The Morgan fingerprint density at radius 3 is 2.88 bits per heavy atom. The molecule has 17 heavy (non-hydrogen) atoms. The fourth-order valence-corrected chi connectivity index (χ4v) is 1.72. The highest BCUT2D eigenvalue weighted by atomic mass is 35.5. The summed E-state index contributed by atoms with van der Waals surface area (Å²) in [6.07, 6.45) is 0. The van der Waals surface area contributed by atoms with E-state index in [1.165, 1.54) is 4.90 Å². The fourth-order valence-electron chi connectivity index (χ4n) is 1.56. The van der Waals surface area contributed by atoms with Crippen LogP contribution in [0.4, 0.5) is 5.95 Å². The van der Waals surface area contributed by atoms with E-state index in [0.29, 0.717) is 11.0 Å². The van der Waals surface area contributed by atoms with Crippen LogP contribution in [-0.4, -0.2) is 34.5 Å². The van der Waals surface area contributed by atoms with Crippen LogP contribution in [0, 0.1) is 0 Å². The van der Waals surface area contributed by atoms with Crippen molar-refractivity contribution >= 4 is 34.5 Å². The number of hydrogen-bond donors (Lipinski definition) is 1. The van der Waals surface area contributed by atoms with Crippen molar-refractivity contribution in [2.75, 3.05) is 19.8 Å². The van der Waals surface area contributed by atoms with Crippen molar-refractivity contribution in [1.29, 1.82) is 0 Å². The summed E-state index contributed by atoms with van der Waals surface area (Å²) in [5, 5.41) is 0.593. The van der Waals surface area contributed by atoms with E-state index >= 15 is 0 Å². The normalized spacial score (nSPS) is 10.8. The van der Waals surface area contributed by atoms with E-state index in [0.717, 1.165) is 11.0 Å². The molecule has 0 spiro atoms. The number of carbonyl (C=O) groups excluding carboxylic acids is 1. The number of nitrogens with zero attached hydrogens (tertiary/aromatic N) is 3. The third kappa shape index (κ3) is 2.19. The summed E-state index contributed by atoms with van der Waals surface area (Å²) < 4.78 is 1.66. The second kappa shape index (κ2) is 4.25. The number of rotatable bonds is 2. The molecular weight excluding hydrogens is 240 g/mol. The number of carbonyl (C=O) groups is 1. The molecular formula is C11H13ClN4O. The van der Waals surface area contributed by atoms with Gasteiger partial charge in [-0.05, 0) is 18.2 Å². The van der Waals surface area contributed by atoms with E-state index in [4.69, 9.17) is 17.3 Å².